The van der Waals surface area contributed by atoms with Crippen LogP contribution >= 0.6 is 0 Å². The van der Waals surface area contributed by atoms with Gasteiger partial charge in [-0.2, -0.15) is 0 Å². The van der Waals surface area contributed by atoms with Crippen molar-refractivity contribution >= 4 is 29.1 Å². The van der Waals surface area contributed by atoms with Gasteiger partial charge in [-0.3, -0.25) is 14.4 Å². The van der Waals surface area contributed by atoms with E-state index in [0.717, 1.165) is 0 Å². The number of anilines is 2. The highest BCUT2D eigenvalue weighted by atomic mass is 19.1. The molecule has 0 fully saturated rings. The first-order chi connectivity index (χ1) is 11.8. The summed E-state index contributed by atoms with van der Waals surface area (Å²) >= 11 is 0. The Bertz CT molecular complexity index is 787. The summed E-state index contributed by atoms with van der Waals surface area (Å²) in [5, 5.41) is 7.82. The van der Waals surface area contributed by atoms with Crippen LogP contribution in [0.25, 0.3) is 0 Å². The fraction of sp³-hybridized carbons (Fsp3) is 0.167. The molecule has 0 aliphatic rings. The number of benzene rings is 2. The molecule has 0 aromatic heterocycles. The van der Waals surface area contributed by atoms with Gasteiger partial charge in [0, 0.05) is 37.3 Å². The number of halogens is 1. The van der Waals surface area contributed by atoms with Crippen LogP contribution in [0.3, 0.4) is 0 Å². The van der Waals surface area contributed by atoms with E-state index in [9.17, 15) is 18.8 Å². The Morgan fingerprint density at radius 3 is 2.04 bits per heavy atom. The molecule has 0 heterocycles. The zero-order valence-corrected chi connectivity index (χ0v) is 13.9. The van der Waals surface area contributed by atoms with Gasteiger partial charge in [-0.15, -0.1) is 0 Å². The van der Waals surface area contributed by atoms with Gasteiger partial charge < -0.3 is 16.0 Å². The van der Waals surface area contributed by atoms with Crippen molar-refractivity contribution in [3.8, 4) is 0 Å². The Morgan fingerprint density at radius 2 is 1.52 bits per heavy atom. The number of hydrogen-bond acceptors (Lipinski definition) is 3. The Balaban J connectivity index is 2.18. The highest BCUT2D eigenvalue weighted by Gasteiger charge is 2.10. The third-order valence-electron chi connectivity index (χ3n) is 3.18. The normalized spacial score (nSPS) is 10.0. The van der Waals surface area contributed by atoms with Crippen LogP contribution in [0.15, 0.2) is 42.5 Å². The van der Waals surface area contributed by atoms with Crippen LogP contribution in [0, 0.1) is 5.82 Å². The molecule has 6 nitrogen and oxygen atoms in total. The van der Waals surface area contributed by atoms with Gasteiger partial charge in [0.1, 0.15) is 5.82 Å². The van der Waals surface area contributed by atoms with Gasteiger partial charge in [-0.25, -0.2) is 4.39 Å². The van der Waals surface area contributed by atoms with Crippen molar-refractivity contribution < 1.29 is 18.8 Å². The Kier molecular flexibility index (Phi) is 5.84. The molecule has 0 saturated carbocycles. The zero-order valence-electron chi connectivity index (χ0n) is 13.9. The van der Waals surface area contributed by atoms with E-state index in [1.165, 1.54) is 38.1 Å². The SMILES string of the molecule is CC(=O)Nc1cc(NC(C)=O)cc(C(=O)NCc2cccc(F)c2)c1. The molecule has 0 unspecified atom stereocenters. The van der Waals surface area contributed by atoms with Crippen LogP contribution in [0.5, 0.6) is 0 Å². The minimum atomic E-state index is -0.414. The summed E-state index contributed by atoms with van der Waals surface area (Å²) in [7, 11) is 0. The van der Waals surface area contributed by atoms with Crippen molar-refractivity contribution in [2.24, 2.45) is 0 Å². The molecule has 0 aliphatic heterocycles. The van der Waals surface area contributed by atoms with Crippen LogP contribution in [-0.4, -0.2) is 17.7 Å². The maximum absolute atomic E-state index is 13.2. The standard InChI is InChI=1S/C18H18FN3O3/c1-11(23)21-16-7-14(8-17(9-16)22-12(2)24)18(25)20-10-13-4-3-5-15(19)6-13/h3-9H,10H2,1-2H3,(H,20,25)(H,21,23)(H,22,24). The second-order valence-corrected chi connectivity index (χ2v) is 5.47. The van der Waals surface area contributed by atoms with E-state index in [4.69, 9.17) is 0 Å². The average Bonchev–Trinajstić information content (AvgIpc) is 2.51. The molecule has 0 spiro atoms. The molecule has 3 amide bonds. The Labute approximate surface area is 144 Å². The highest BCUT2D eigenvalue weighted by Crippen LogP contribution is 2.19. The number of rotatable bonds is 5. The molecule has 2 rings (SSSR count). The second-order valence-electron chi connectivity index (χ2n) is 5.47. The number of nitrogens with one attached hydrogen (secondary N) is 3. The molecule has 3 N–H and O–H groups in total. The molecule has 25 heavy (non-hydrogen) atoms. The number of amides is 3. The minimum Gasteiger partial charge on any atom is -0.348 e. The van der Waals surface area contributed by atoms with E-state index < -0.39 is 5.91 Å². The maximum Gasteiger partial charge on any atom is 0.251 e. The van der Waals surface area contributed by atoms with Crippen LogP contribution in [0.1, 0.15) is 29.8 Å². The van der Waals surface area contributed by atoms with Crippen LogP contribution in [-0.2, 0) is 16.1 Å². The van der Waals surface area contributed by atoms with E-state index in [2.05, 4.69) is 16.0 Å². The van der Waals surface area contributed by atoms with Crippen molar-refractivity contribution in [2.75, 3.05) is 10.6 Å². The van der Waals surface area contributed by atoms with E-state index in [-0.39, 0.29) is 29.7 Å². The monoisotopic (exact) mass is 343 g/mol. The second kappa shape index (κ2) is 8.05. The van der Waals surface area contributed by atoms with Gasteiger partial charge >= 0.3 is 0 Å². The number of hydrogen-bond donors (Lipinski definition) is 3. The minimum absolute atomic E-state index is 0.149. The first kappa shape index (κ1) is 18.1. The highest BCUT2D eigenvalue weighted by molar-refractivity contribution is 5.99. The maximum atomic E-state index is 13.2. The summed E-state index contributed by atoms with van der Waals surface area (Å²) in [6.45, 7) is 2.83. The number of carbonyl (C=O) groups excluding carboxylic acids is 3. The smallest absolute Gasteiger partial charge is 0.251 e. The summed E-state index contributed by atoms with van der Waals surface area (Å²) < 4.78 is 13.2. The fourth-order valence-corrected chi connectivity index (χ4v) is 2.24. The van der Waals surface area contributed by atoms with E-state index in [1.54, 1.807) is 18.2 Å². The zero-order chi connectivity index (χ0) is 18.4. The molecule has 0 radical (unpaired) electrons. The third kappa shape index (κ3) is 5.72. The van der Waals surface area contributed by atoms with Crippen molar-refractivity contribution in [1.82, 2.24) is 5.32 Å². The summed E-state index contributed by atoms with van der Waals surface area (Å²) in [6, 6.07) is 10.4. The van der Waals surface area contributed by atoms with Gasteiger partial charge in [0.25, 0.3) is 5.91 Å². The van der Waals surface area contributed by atoms with Crippen molar-refractivity contribution in [2.45, 2.75) is 20.4 Å². The molecule has 2 aromatic carbocycles. The fourth-order valence-electron chi connectivity index (χ4n) is 2.24. The molecular formula is C18H18FN3O3. The van der Waals surface area contributed by atoms with E-state index in [1.807, 2.05) is 0 Å². The quantitative estimate of drug-likeness (QED) is 0.780. The van der Waals surface area contributed by atoms with E-state index >= 15 is 0 Å². The molecular weight excluding hydrogens is 325 g/mol. The first-order valence-corrected chi connectivity index (χ1v) is 7.56. The molecule has 2 aromatic rings. The summed E-state index contributed by atoms with van der Waals surface area (Å²) in [6.07, 6.45) is 0. The van der Waals surface area contributed by atoms with Gasteiger partial charge in [0.05, 0.1) is 0 Å². The molecule has 0 bridgehead atoms. The Hall–Kier alpha value is -3.22. The average molecular weight is 343 g/mol. The summed E-state index contributed by atoms with van der Waals surface area (Å²) in [5.41, 5.74) is 1.64. The summed E-state index contributed by atoms with van der Waals surface area (Å²) in [5.74, 6) is -1.40. The van der Waals surface area contributed by atoms with Crippen molar-refractivity contribution in [1.29, 1.82) is 0 Å². The molecule has 0 aliphatic carbocycles. The largest absolute Gasteiger partial charge is 0.348 e. The predicted octanol–water partition coefficient (Wildman–Crippen LogP) is 2.67. The topological polar surface area (TPSA) is 87.3 Å². The molecule has 7 heteroatoms. The van der Waals surface area contributed by atoms with Crippen LogP contribution < -0.4 is 16.0 Å². The van der Waals surface area contributed by atoms with Gasteiger partial charge in [0.2, 0.25) is 11.8 Å². The van der Waals surface area contributed by atoms with Crippen molar-refractivity contribution in [3.05, 3.63) is 59.4 Å². The lowest BCUT2D eigenvalue weighted by Crippen LogP contribution is -2.23. The van der Waals surface area contributed by atoms with Crippen LogP contribution in [0.4, 0.5) is 15.8 Å². The Morgan fingerprint density at radius 1 is 0.920 bits per heavy atom. The lowest BCUT2D eigenvalue weighted by atomic mass is 10.1. The lowest BCUT2D eigenvalue weighted by molar-refractivity contribution is -0.115. The van der Waals surface area contributed by atoms with Gasteiger partial charge in [-0.05, 0) is 35.9 Å². The molecule has 0 saturated heterocycles. The van der Waals surface area contributed by atoms with Gasteiger partial charge in [-0.1, -0.05) is 12.1 Å². The summed E-state index contributed by atoms with van der Waals surface area (Å²) in [4.78, 5) is 34.8. The van der Waals surface area contributed by atoms with Gasteiger partial charge in [0.15, 0.2) is 0 Å². The van der Waals surface area contributed by atoms with Crippen molar-refractivity contribution in [3.63, 3.8) is 0 Å². The molecule has 130 valence electrons. The number of carbonyl (C=O) groups is 3. The third-order valence-corrected chi connectivity index (χ3v) is 3.18. The molecule has 0 atom stereocenters. The van der Waals surface area contributed by atoms with Crippen LogP contribution in [0.2, 0.25) is 0 Å². The first-order valence-electron chi connectivity index (χ1n) is 7.56. The van der Waals surface area contributed by atoms with E-state index in [0.29, 0.717) is 16.9 Å². The predicted molar refractivity (Wildman–Crippen MR) is 92.6 cm³/mol. The lowest BCUT2D eigenvalue weighted by Gasteiger charge is -2.11.